The molecule has 26 heavy (non-hydrogen) atoms. The molecule has 1 unspecified atom stereocenters. The number of carbonyl (C=O) groups is 1. The molecule has 2 aliphatic heterocycles. The van der Waals surface area contributed by atoms with Gasteiger partial charge in [-0.3, -0.25) is 0 Å². The molecule has 2 amide bonds. The zero-order chi connectivity index (χ0) is 18.1. The summed E-state index contributed by atoms with van der Waals surface area (Å²) in [6.07, 6.45) is 1.94. The van der Waals surface area contributed by atoms with E-state index in [4.69, 9.17) is 16.3 Å². The maximum atomic E-state index is 12.9. The van der Waals surface area contributed by atoms with Gasteiger partial charge in [0.05, 0.1) is 18.3 Å². The molecule has 2 aliphatic rings. The highest BCUT2D eigenvalue weighted by Gasteiger charge is 2.30. The van der Waals surface area contributed by atoms with E-state index in [0.717, 1.165) is 48.6 Å². The molecular weight excluding hydrogens is 350 g/mol. The molecule has 0 bridgehead atoms. The summed E-state index contributed by atoms with van der Waals surface area (Å²) in [6, 6.07) is 13.5. The third kappa shape index (κ3) is 3.31. The predicted octanol–water partition coefficient (Wildman–Crippen LogP) is 4.54. The lowest BCUT2D eigenvalue weighted by molar-refractivity contribution is 0.207. The molecule has 2 aromatic rings. The number of nitrogens with zero attached hydrogens (tertiary/aromatic N) is 2. The lowest BCUT2D eigenvalue weighted by Crippen LogP contribution is -2.34. The van der Waals surface area contributed by atoms with Gasteiger partial charge in [0, 0.05) is 24.3 Å². The topological polar surface area (TPSA) is 44.8 Å². The van der Waals surface area contributed by atoms with Gasteiger partial charge >= 0.3 is 6.03 Å². The van der Waals surface area contributed by atoms with Crippen LogP contribution >= 0.6 is 11.6 Å². The van der Waals surface area contributed by atoms with Crippen LogP contribution in [0.3, 0.4) is 0 Å². The van der Waals surface area contributed by atoms with E-state index >= 15 is 0 Å². The minimum atomic E-state index is -0.0770. The van der Waals surface area contributed by atoms with E-state index in [1.807, 2.05) is 54.4 Å². The van der Waals surface area contributed by atoms with E-state index in [2.05, 4.69) is 10.2 Å². The Kier molecular flexibility index (Phi) is 4.64. The standard InChI is InChI=1S/C20H22ClN3O2/c1-23-10-11-26-19-8-7-16(13-18(19)23)22-20(25)24-9-3-6-17(24)14-4-2-5-15(21)12-14/h2,4-5,7-8,12-13,17H,3,6,9-11H2,1H3,(H,22,25). The smallest absolute Gasteiger partial charge is 0.322 e. The average Bonchev–Trinajstić information content (AvgIpc) is 3.12. The first-order valence-electron chi connectivity index (χ1n) is 8.93. The number of anilines is 2. The minimum Gasteiger partial charge on any atom is -0.490 e. The number of ether oxygens (including phenoxy) is 1. The fourth-order valence-corrected chi connectivity index (χ4v) is 3.89. The number of nitrogens with one attached hydrogen (secondary N) is 1. The number of hydrogen-bond donors (Lipinski definition) is 1. The summed E-state index contributed by atoms with van der Waals surface area (Å²) in [5.41, 5.74) is 2.87. The number of hydrogen-bond acceptors (Lipinski definition) is 3. The SMILES string of the molecule is CN1CCOc2ccc(NC(=O)N3CCCC3c3cccc(Cl)c3)cc21. The van der Waals surface area contributed by atoms with Crippen LogP contribution in [0.15, 0.2) is 42.5 Å². The van der Waals surface area contributed by atoms with Gasteiger partial charge in [-0.2, -0.15) is 0 Å². The van der Waals surface area contributed by atoms with Crippen molar-refractivity contribution in [2.45, 2.75) is 18.9 Å². The zero-order valence-corrected chi connectivity index (χ0v) is 15.5. The second-order valence-corrected chi connectivity index (χ2v) is 7.23. The molecule has 1 fully saturated rings. The minimum absolute atomic E-state index is 0.0670. The number of halogens is 1. The first kappa shape index (κ1) is 17.0. The Balaban J connectivity index is 1.52. The van der Waals surface area contributed by atoms with Crippen molar-refractivity contribution in [2.75, 3.05) is 37.0 Å². The molecule has 2 aromatic carbocycles. The maximum Gasteiger partial charge on any atom is 0.322 e. The molecule has 1 saturated heterocycles. The van der Waals surface area contributed by atoms with Crippen molar-refractivity contribution < 1.29 is 9.53 Å². The summed E-state index contributed by atoms with van der Waals surface area (Å²) >= 11 is 6.13. The highest BCUT2D eigenvalue weighted by atomic mass is 35.5. The third-order valence-electron chi connectivity index (χ3n) is 5.05. The number of likely N-dealkylation sites (tertiary alicyclic amines) is 1. The molecule has 136 valence electrons. The van der Waals surface area contributed by atoms with Crippen molar-refractivity contribution in [3.63, 3.8) is 0 Å². The summed E-state index contributed by atoms with van der Waals surface area (Å²) in [5, 5.41) is 3.74. The van der Waals surface area contributed by atoms with E-state index in [0.29, 0.717) is 11.6 Å². The maximum absolute atomic E-state index is 12.9. The number of amides is 2. The Morgan fingerprint density at radius 2 is 2.12 bits per heavy atom. The molecule has 5 nitrogen and oxygen atoms in total. The quantitative estimate of drug-likeness (QED) is 0.843. The molecule has 0 saturated carbocycles. The van der Waals surface area contributed by atoms with Crippen LogP contribution in [-0.4, -0.2) is 37.7 Å². The van der Waals surface area contributed by atoms with Gasteiger partial charge in [-0.15, -0.1) is 0 Å². The monoisotopic (exact) mass is 371 g/mol. The first-order valence-corrected chi connectivity index (χ1v) is 9.31. The van der Waals surface area contributed by atoms with E-state index in [-0.39, 0.29) is 12.1 Å². The first-order chi connectivity index (χ1) is 12.6. The number of carbonyl (C=O) groups excluding carboxylic acids is 1. The van der Waals surface area contributed by atoms with Gasteiger partial charge in [0.15, 0.2) is 0 Å². The molecule has 4 rings (SSSR count). The Labute approximate surface area is 158 Å². The molecule has 0 aliphatic carbocycles. The van der Waals surface area contributed by atoms with E-state index in [1.165, 1.54) is 0 Å². The van der Waals surface area contributed by atoms with Crippen molar-refractivity contribution in [1.29, 1.82) is 0 Å². The van der Waals surface area contributed by atoms with Crippen LogP contribution in [0.1, 0.15) is 24.4 Å². The van der Waals surface area contributed by atoms with Gasteiger partial charge in [0.1, 0.15) is 12.4 Å². The van der Waals surface area contributed by atoms with Crippen molar-refractivity contribution in [3.05, 3.63) is 53.1 Å². The lowest BCUT2D eigenvalue weighted by atomic mass is 10.1. The van der Waals surface area contributed by atoms with Crippen molar-refractivity contribution in [1.82, 2.24) is 4.90 Å². The number of rotatable bonds is 2. The molecule has 0 aromatic heterocycles. The number of fused-ring (bicyclic) bond motifs is 1. The molecule has 0 spiro atoms. The largest absolute Gasteiger partial charge is 0.490 e. The van der Waals surface area contributed by atoms with Gasteiger partial charge in [-0.05, 0) is 48.7 Å². The van der Waals surface area contributed by atoms with Crippen LogP contribution in [0.5, 0.6) is 5.75 Å². The van der Waals surface area contributed by atoms with Crippen LogP contribution in [0.4, 0.5) is 16.2 Å². The third-order valence-corrected chi connectivity index (χ3v) is 5.29. The molecule has 1 N–H and O–H groups in total. The van der Waals surface area contributed by atoms with Gasteiger partial charge < -0.3 is 19.9 Å². The molecule has 0 radical (unpaired) electrons. The van der Waals surface area contributed by atoms with Crippen LogP contribution in [0.2, 0.25) is 5.02 Å². The molecule has 1 atom stereocenters. The summed E-state index contributed by atoms with van der Waals surface area (Å²) in [6.45, 7) is 2.27. The second kappa shape index (κ2) is 7.08. The Morgan fingerprint density at radius 1 is 1.23 bits per heavy atom. The van der Waals surface area contributed by atoms with Crippen LogP contribution in [0.25, 0.3) is 0 Å². The van der Waals surface area contributed by atoms with Crippen LogP contribution in [-0.2, 0) is 0 Å². The van der Waals surface area contributed by atoms with Gasteiger partial charge in [0.2, 0.25) is 0 Å². The van der Waals surface area contributed by atoms with E-state index in [9.17, 15) is 4.79 Å². The summed E-state index contributed by atoms with van der Waals surface area (Å²) < 4.78 is 5.66. The summed E-state index contributed by atoms with van der Waals surface area (Å²) in [5.74, 6) is 0.856. The Hall–Kier alpha value is -2.40. The highest BCUT2D eigenvalue weighted by Crippen LogP contribution is 2.35. The van der Waals surface area contributed by atoms with Crippen LogP contribution in [0, 0.1) is 0 Å². The second-order valence-electron chi connectivity index (χ2n) is 6.79. The molecular formula is C20H22ClN3O2. The molecule has 6 heteroatoms. The number of likely N-dealkylation sites (N-methyl/N-ethyl adjacent to an activating group) is 1. The predicted molar refractivity (Wildman–Crippen MR) is 104 cm³/mol. The number of urea groups is 1. The fourth-order valence-electron chi connectivity index (χ4n) is 3.69. The zero-order valence-electron chi connectivity index (χ0n) is 14.7. The Bertz CT molecular complexity index is 826. The molecule has 2 heterocycles. The van der Waals surface area contributed by atoms with Gasteiger partial charge in [0.25, 0.3) is 0 Å². The highest BCUT2D eigenvalue weighted by molar-refractivity contribution is 6.30. The van der Waals surface area contributed by atoms with Crippen LogP contribution < -0.4 is 15.0 Å². The Morgan fingerprint density at radius 3 is 2.96 bits per heavy atom. The van der Waals surface area contributed by atoms with Crippen molar-refractivity contribution >= 4 is 29.0 Å². The van der Waals surface area contributed by atoms with E-state index < -0.39 is 0 Å². The van der Waals surface area contributed by atoms with Crippen molar-refractivity contribution in [2.24, 2.45) is 0 Å². The van der Waals surface area contributed by atoms with Gasteiger partial charge in [-0.25, -0.2) is 4.79 Å². The average molecular weight is 372 g/mol. The van der Waals surface area contributed by atoms with Crippen molar-refractivity contribution in [3.8, 4) is 5.75 Å². The summed E-state index contributed by atoms with van der Waals surface area (Å²) in [4.78, 5) is 16.9. The normalized spacial score (nSPS) is 19.1. The fraction of sp³-hybridized carbons (Fsp3) is 0.350. The number of benzene rings is 2. The summed E-state index contributed by atoms with van der Waals surface area (Å²) in [7, 11) is 2.03. The van der Waals surface area contributed by atoms with Gasteiger partial charge in [-0.1, -0.05) is 23.7 Å². The van der Waals surface area contributed by atoms with E-state index in [1.54, 1.807) is 0 Å². The lowest BCUT2D eigenvalue weighted by Gasteiger charge is -2.29.